The highest BCUT2D eigenvalue weighted by Crippen LogP contribution is 2.24. The maximum atomic E-state index is 11.8. The Kier molecular flexibility index (Phi) is 4.30. The second-order valence-corrected chi connectivity index (χ2v) is 3.62. The third-order valence-corrected chi connectivity index (χ3v) is 2.51. The molecule has 1 aliphatic heterocycles. The lowest BCUT2D eigenvalue weighted by Gasteiger charge is -2.19. The molecular formula is C11H16N2O5. The zero-order valence-corrected chi connectivity index (χ0v) is 10.6. The minimum atomic E-state index is -1.13. The number of carbonyl (C=O) groups excluding carboxylic acids is 3. The van der Waals surface area contributed by atoms with E-state index in [1.807, 2.05) is 0 Å². The Balaban J connectivity index is 3.10. The van der Waals surface area contributed by atoms with E-state index in [0.717, 1.165) is 4.90 Å². The number of likely N-dealkylation sites (N-methyl/N-ethyl adjacent to an activating group) is 1. The summed E-state index contributed by atoms with van der Waals surface area (Å²) >= 11 is 0. The molecule has 0 aromatic heterocycles. The van der Waals surface area contributed by atoms with Crippen molar-refractivity contribution in [1.82, 2.24) is 4.90 Å². The predicted octanol–water partition coefficient (Wildman–Crippen LogP) is -0.834. The number of hydrogen-bond acceptors (Lipinski definition) is 6. The molecule has 100 valence electrons. The minimum Gasteiger partial charge on any atom is -0.464 e. The number of esters is 2. The highest BCUT2D eigenvalue weighted by Gasteiger charge is 2.45. The lowest BCUT2D eigenvalue weighted by molar-refractivity contribution is -0.152. The first-order valence-corrected chi connectivity index (χ1v) is 5.56. The Labute approximate surface area is 105 Å². The van der Waals surface area contributed by atoms with Crippen LogP contribution >= 0.6 is 0 Å². The summed E-state index contributed by atoms with van der Waals surface area (Å²) in [4.78, 5) is 36.2. The molecule has 0 fully saturated rings. The Bertz CT molecular complexity index is 416. The molecule has 2 N–H and O–H groups in total. The van der Waals surface area contributed by atoms with Gasteiger partial charge < -0.3 is 20.1 Å². The molecule has 1 amide bonds. The van der Waals surface area contributed by atoms with Crippen LogP contribution in [-0.2, 0) is 23.9 Å². The molecule has 1 rings (SSSR count). The third-order valence-electron chi connectivity index (χ3n) is 2.51. The minimum absolute atomic E-state index is 0.128. The van der Waals surface area contributed by atoms with E-state index in [1.54, 1.807) is 13.8 Å². The van der Waals surface area contributed by atoms with E-state index in [2.05, 4.69) is 0 Å². The van der Waals surface area contributed by atoms with Crippen molar-refractivity contribution in [2.24, 2.45) is 5.73 Å². The first-order chi connectivity index (χ1) is 8.45. The van der Waals surface area contributed by atoms with Crippen LogP contribution in [0.25, 0.3) is 0 Å². The van der Waals surface area contributed by atoms with Gasteiger partial charge in [0, 0.05) is 7.05 Å². The molecule has 7 heteroatoms. The molecular weight excluding hydrogens is 240 g/mol. The molecule has 1 aliphatic rings. The van der Waals surface area contributed by atoms with Crippen molar-refractivity contribution in [3.05, 3.63) is 11.3 Å². The van der Waals surface area contributed by atoms with Gasteiger partial charge in [0.2, 0.25) is 0 Å². The topological polar surface area (TPSA) is 98.9 Å². The predicted molar refractivity (Wildman–Crippen MR) is 61.0 cm³/mol. The monoisotopic (exact) mass is 256 g/mol. The van der Waals surface area contributed by atoms with Crippen molar-refractivity contribution < 1.29 is 23.9 Å². The van der Waals surface area contributed by atoms with Crippen molar-refractivity contribution in [1.29, 1.82) is 0 Å². The molecule has 0 aromatic carbocycles. The lowest BCUT2D eigenvalue weighted by atomic mass is 10.1. The van der Waals surface area contributed by atoms with Crippen LogP contribution in [0.1, 0.15) is 13.8 Å². The molecule has 0 spiro atoms. The molecule has 0 aliphatic carbocycles. The Hall–Kier alpha value is -2.05. The summed E-state index contributed by atoms with van der Waals surface area (Å²) in [5.41, 5.74) is 5.13. The van der Waals surface area contributed by atoms with Crippen molar-refractivity contribution in [3.8, 4) is 0 Å². The summed E-state index contributed by atoms with van der Waals surface area (Å²) in [6, 6.07) is -1.13. The molecule has 0 aromatic rings. The van der Waals surface area contributed by atoms with E-state index in [9.17, 15) is 14.4 Å². The van der Waals surface area contributed by atoms with Crippen LogP contribution in [0.5, 0.6) is 0 Å². The number of nitrogens with two attached hydrogens (primary N) is 1. The van der Waals surface area contributed by atoms with E-state index in [4.69, 9.17) is 15.2 Å². The van der Waals surface area contributed by atoms with Gasteiger partial charge >= 0.3 is 11.9 Å². The Morgan fingerprint density at radius 2 is 1.83 bits per heavy atom. The maximum absolute atomic E-state index is 11.8. The van der Waals surface area contributed by atoms with Crippen molar-refractivity contribution in [2.75, 3.05) is 20.3 Å². The Morgan fingerprint density at radius 3 is 2.33 bits per heavy atom. The van der Waals surface area contributed by atoms with Gasteiger partial charge in [-0.15, -0.1) is 0 Å². The number of nitrogens with zero attached hydrogens (tertiary/aromatic N) is 1. The van der Waals surface area contributed by atoms with Crippen LogP contribution in [0.2, 0.25) is 0 Å². The Morgan fingerprint density at radius 1 is 1.28 bits per heavy atom. The van der Waals surface area contributed by atoms with E-state index in [0.29, 0.717) is 0 Å². The quantitative estimate of drug-likeness (QED) is 0.659. The smallest absolute Gasteiger partial charge is 0.339 e. The SMILES string of the molecule is CCOC(=O)C1=C(N)C(=O)N(C)C1C(=O)OCC. The van der Waals surface area contributed by atoms with Gasteiger partial charge in [0.25, 0.3) is 5.91 Å². The first-order valence-electron chi connectivity index (χ1n) is 5.56. The molecule has 1 atom stereocenters. The van der Waals surface area contributed by atoms with Gasteiger partial charge in [-0.1, -0.05) is 0 Å². The van der Waals surface area contributed by atoms with Crippen molar-refractivity contribution >= 4 is 17.8 Å². The van der Waals surface area contributed by atoms with Crippen LogP contribution in [0.4, 0.5) is 0 Å². The van der Waals surface area contributed by atoms with Crippen LogP contribution in [0, 0.1) is 0 Å². The number of rotatable bonds is 4. The van der Waals surface area contributed by atoms with Crippen LogP contribution in [-0.4, -0.2) is 49.0 Å². The second kappa shape index (κ2) is 5.52. The molecule has 1 heterocycles. The van der Waals surface area contributed by atoms with Crippen LogP contribution in [0.15, 0.2) is 11.3 Å². The van der Waals surface area contributed by atoms with Gasteiger partial charge in [-0.2, -0.15) is 0 Å². The van der Waals surface area contributed by atoms with E-state index < -0.39 is 23.9 Å². The van der Waals surface area contributed by atoms with Gasteiger partial charge in [-0.3, -0.25) is 4.79 Å². The number of carbonyl (C=O) groups is 3. The fraction of sp³-hybridized carbons (Fsp3) is 0.545. The van der Waals surface area contributed by atoms with Gasteiger partial charge in [0.05, 0.1) is 18.8 Å². The molecule has 0 saturated carbocycles. The van der Waals surface area contributed by atoms with Crippen molar-refractivity contribution in [3.63, 3.8) is 0 Å². The summed E-state index contributed by atoms with van der Waals surface area (Å²) in [6.07, 6.45) is 0. The average Bonchev–Trinajstić information content (AvgIpc) is 2.54. The fourth-order valence-electron chi connectivity index (χ4n) is 1.69. The average molecular weight is 256 g/mol. The number of amides is 1. The molecule has 1 unspecified atom stereocenters. The summed E-state index contributed by atoms with van der Waals surface area (Å²) < 4.78 is 9.61. The van der Waals surface area contributed by atoms with Gasteiger partial charge in [0.15, 0.2) is 6.04 Å². The van der Waals surface area contributed by atoms with Gasteiger partial charge in [-0.25, -0.2) is 9.59 Å². The fourth-order valence-corrected chi connectivity index (χ4v) is 1.69. The molecule has 0 radical (unpaired) electrons. The standard InChI is InChI=1S/C11H16N2O5/c1-4-17-10(15)6-7(12)9(14)13(3)8(6)11(16)18-5-2/h8H,4-5,12H2,1-3H3. The van der Waals surface area contributed by atoms with E-state index in [-0.39, 0.29) is 24.5 Å². The second-order valence-electron chi connectivity index (χ2n) is 3.62. The lowest BCUT2D eigenvalue weighted by Crippen LogP contribution is -2.41. The van der Waals surface area contributed by atoms with E-state index >= 15 is 0 Å². The molecule has 18 heavy (non-hydrogen) atoms. The largest absolute Gasteiger partial charge is 0.464 e. The van der Waals surface area contributed by atoms with Crippen LogP contribution in [0.3, 0.4) is 0 Å². The van der Waals surface area contributed by atoms with Gasteiger partial charge in [0.1, 0.15) is 5.70 Å². The zero-order valence-electron chi connectivity index (χ0n) is 10.6. The molecule has 7 nitrogen and oxygen atoms in total. The molecule has 0 bridgehead atoms. The van der Waals surface area contributed by atoms with E-state index in [1.165, 1.54) is 7.05 Å². The highest BCUT2D eigenvalue weighted by atomic mass is 16.5. The summed E-state index contributed by atoms with van der Waals surface area (Å²) in [6.45, 7) is 3.52. The number of hydrogen-bond donors (Lipinski definition) is 1. The van der Waals surface area contributed by atoms with Crippen molar-refractivity contribution in [2.45, 2.75) is 19.9 Å². The summed E-state index contributed by atoms with van der Waals surface area (Å²) in [5.74, 6) is -2.06. The third kappa shape index (κ3) is 2.29. The number of ether oxygens (including phenoxy) is 2. The zero-order chi connectivity index (χ0) is 13.9. The van der Waals surface area contributed by atoms with Gasteiger partial charge in [-0.05, 0) is 13.8 Å². The molecule has 0 saturated heterocycles. The summed E-state index contributed by atoms with van der Waals surface area (Å²) in [5, 5.41) is 0. The normalized spacial score (nSPS) is 19.2. The highest BCUT2D eigenvalue weighted by molar-refractivity contribution is 6.12. The van der Waals surface area contributed by atoms with Crippen LogP contribution < -0.4 is 5.73 Å². The first kappa shape index (κ1) is 14.0. The summed E-state index contributed by atoms with van der Waals surface area (Å²) in [7, 11) is 1.38. The maximum Gasteiger partial charge on any atom is 0.339 e.